The Morgan fingerprint density at radius 1 is 1.10 bits per heavy atom. The summed E-state index contributed by atoms with van der Waals surface area (Å²) in [6.07, 6.45) is 5.35. The smallest absolute Gasteiger partial charge is 0.123 e. The maximum atomic E-state index is 5.52. The van der Waals surface area contributed by atoms with Gasteiger partial charge in [0.2, 0.25) is 0 Å². The standard InChI is InChI=1S/C19H31NO/c1-13(2)16-7-9-17(10-8-16)20-15(4)18-12-14(3)6-11-19(18)21-5/h6,11-13,15-17,20H,7-10H2,1-5H3. The normalized spacial score (nSPS) is 24.1. The first-order chi connectivity index (χ1) is 10.0. The van der Waals surface area contributed by atoms with Crippen LogP contribution in [0.15, 0.2) is 18.2 Å². The van der Waals surface area contributed by atoms with Gasteiger partial charge in [0.05, 0.1) is 7.11 Å². The van der Waals surface area contributed by atoms with Crippen LogP contribution in [-0.4, -0.2) is 13.2 Å². The Hall–Kier alpha value is -1.02. The fourth-order valence-electron chi connectivity index (χ4n) is 3.59. The molecule has 0 radical (unpaired) electrons. The van der Waals surface area contributed by atoms with E-state index in [-0.39, 0.29) is 0 Å². The molecule has 1 saturated carbocycles. The van der Waals surface area contributed by atoms with Gasteiger partial charge in [0.15, 0.2) is 0 Å². The summed E-state index contributed by atoms with van der Waals surface area (Å²) in [5, 5.41) is 3.82. The van der Waals surface area contributed by atoms with Gasteiger partial charge in [-0.25, -0.2) is 0 Å². The van der Waals surface area contributed by atoms with E-state index >= 15 is 0 Å². The zero-order chi connectivity index (χ0) is 15.4. The van der Waals surface area contributed by atoms with E-state index in [1.165, 1.54) is 36.8 Å². The Kier molecular flexibility index (Phi) is 5.69. The molecule has 0 aromatic heterocycles. The molecule has 0 amide bonds. The van der Waals surface area contributed by atoms with Gasteiger partial charge in [0.25, 0.3) is 0 Å². The van der Waals surface area contributed by atoms with E-state index in [0.717, 1.165) is 17.6 Å². The van der Waals surface area contributed by atoms with Crippen LogP contribution in [0.25, 0.3) is 0 Å². The Morgan fingerprint density at radius 3 is 2.33 bits per heavy atom. The monoisotopic (exact) mass is 289 g/mol. The fourth-order valence-corrected chi connectivity index (χ4v) is 3.59. The van der Waals surface area contributed by atoms with Crippen molar-refractivity contribution in [3.05, 3.63) is 29.3 Å². The lowest BCUT2D eigenvalue weighted by Gasteiger charge is -2.33. The molecule has 1 unspecified atom stereocenters. The third-order valence-electron chi connectivity index (χ3n) is 5.05. The molecule has 1 aliphatic rings. The molecule has 2 heteroatoms. The highest BCUT2D eigenvalue weighted by Crippen LogP contribution is 2.32. The van der Waals surface area contributed by atoms with Crippen molar-refractivity contribution in [2.24, 2.45) is 11.8 Å². The molecule has 0 saturated heterocycles. The van der Waals surface area contributed by atoms with Gasteiger partial charge < -0.3 is 10.1 Å². The van der Waals surface area contributed by atoms with E-state index in [1.54, 1.807) is 7.11 Å². The van der Waals surface area contributed by atoms with E-state index in [4.69, 9.17) is 4.74 Å². The van der Waals surface area contributed by atoms with Gasteiger partial charge >= 0.3 is 0 Å². The molecule has 1 aromatic carbocycles. The first-order valence-corrected chi connectivity index (χ1v) is 8.41. The van der Waals surface area contributed by atoms with Crippen LogP contribution in [0.3, 0.4) is 0 Å². The van der Waals surface area contributed by atoms with Crippen LogP contribution in [-0.2, 0) is 0 Å². The lowest BCUT2D eigenvalue weighted by Crippen LogP contribution is -2.36. The second-order valence-electron chi connectivity index (χ2n) is 6.99. The van der Waals surface area contributed by atoms with E-state index < -0.39 is 0 Å². The topological polar surface area (TPSA) is 21.3 Å². The van der Waals surface area contributed by atoms with Crippen LogP contribution in [0.4, 0.5) is 0 Å². The van der Waals surface area contributed by atoms with Crippen molar-refractivity contribution >= 4 is 0 Å². The predicted octanol–water partition coefficient (Wildman–Crippen LogP) is 4.87. The molecule has 1 N–H and O–H groups in total. The van der Waals surface area contributed by atoms with Crippen molar-refractivity contribution in [2.45, 2.75) is 65.5 Å². The van der Waals surface area contributed by atoms with Gasteiger partial charge in [0.1, 0.15) is 5.75 Å². The highest BCUT2D eigenvalue weighted by atomic mass is 16.5. The summed E-state index contributed by atoms with van der Waals surface area (Å²) in [7, 11) is 1.76. The van der Waals surface area contributed by atoms with Crippen LogP contribution < -0.4 is 10.1 Å². The van der Waals surface area contributed by atoms with E-state index in [0.29, 0.717) is 12.1 Å². The van der Waals surface area contributed by atoms with Crippen molar-refractivity contribution in [2.75, 3.05) is 7.11 Å². The van der Waals surface area contributed by atoms with Gasteiger partial charge in [-0.05, 0) is 57.4 Å². The van der Waals surface area contributed by atoms with Crippen molar-refractivity contribution in [1.82, 2.24) is 5.32 Å². The molecular weight excluding hydrogens is 258 g/mol. The zero-order valence-corrected chi connectivity index (χ0v) is 14.3. The quantitative estimate of drug-likeness (QED) is 0.835. The maximum Gasteiger partial charge on any atom is 0.123 e. The van der Waals surface area contributed by atoms with E-state index in [2.05, 4.69) is 51.2 Å². The molecule has 1 atom stereocenters. The van der Waals surface area contributed by atoms with Crippen LogP contribution in [0.2, 0.25) is 0 Å². The number of ether oxygens (including phenoxy) is 1. The largest absolute Gasteiger partial charge is 0.496 e. The molecule has 118 valence electrons. The molecule has 1 aliphatic carbocycles. The maximum absolute atomic E-state index is 5.52. The minimum atomic E-state index is 0.348. The molecule has 2 rings (SSSR count). The number of rotatable bonds is 5. The summed E-state index contributed by atoms with van der Waals surface area (Å²) in [6.45, 7) is 9.12. The highest BCUT2D eigenvalue weighted by molar-refractivity contribution is 5.38. The number of methoxy groups -OCH3 is 1. The summed E-state index contributed by atoms with van der Waals surface area (Å²) >= 11 is 0. The summed E-state index contributed by atoms with van der Waals surface area (Å²) in [6, 6.07) is 7.44. The van der Waals surface area contributed by atoms with Gasteiger partial charge in [-0.2, -0.15) is 0 Å². The Morgan fingerprint density at radius 2 is 1.76 bits per heavy atom. The molecule has 0 heterocycles. The number of hydrogen-bond acceptors (Lipinski definition) is 2. The number of aryl methyl sites for hydroxylation is 1. The second kappa shape index (κ2) is 7.31. The highest BCUT2D eigenvalue weighted by Gasteiger charge is 2.24. The lowest BCUT2D eigenvalue weighted by molar-refractivity contribution is 0.230. The number of benzene rings is 1. The summed E-state index contributed by atoms with van der Waals surface area (Å²) in [5.41, 5.74) is 2.58. The molecule has 0 bridgehead atoms. The molecule has 2 nitrogen and oxygen atoms in total. The number of hydrogen-bond donors (Lipinski definition) is 1. The molecule has 0 aliphatic heterocycles. The Labute approximate surface area is 130 Å². The van der Waals surface area contributed by atoms with Crippen molar-refractivity contribution in [3.63, 3.8) is 0 Å². The van der Waals surface area contributed by atoms with E-state index in [9.17, 15) is 0 Å². The van der Waals surface area contributed by atoms with Crippen LogP contribution >= 0.6 is 0 Å². The third-order valence-corrected chi connectivity index (χ3v) is 5.05. The minimum absolute atomic E-state index is 0.348. The van der Waals surface area contributed by atoms with Crippen LogP contribution in [0.5, 0.6) is 5.75 Å². The number of nitrogens with one attached hydrogen (secondary N) is 1. The molecule has 21 heavy (non-hydrogen) atoms. The van der Waals surface area contributed by atoms with Crippen molar-refractivity contribution in [3.8, 4) is 5.75 Å². The SMILES string of the molecule is COc1ccc(C)cc1C(C)NC1CCC(C(C)C)CC1. The summed E-state index contributed by atoms with van der Waals surface area (Å²) in [5.74, 6) is 2.75. The molecule has 0 spiro atoms. The molecule has 1 aromatic rings. The van der Waals surface area contributed by atoms with Gasteiger partial charge in [0, 0.05) is 17.6 Å². The first-order valence-electron chi connectivity index (χ1n) is 8.41. The average Bonchev–Trinajstić information content (AvgIpc) is 2.47. The average molecular weight is 289 g/mol. The Bertz CT molecular complexity index is 447. The van der Waals surface area contributed by atoms with Gasteiger partial charge in [-0.3, -0.25) is 0 Å². The minimum Gasteiger partial charge on any atom is -0.496 e. The lowest BCUT2D eigenvalue weighted by atomic mass is 9.79. The van der Waals surface area contributed by atoms with Gasteiger partial charge in [-0.1, -0.05) is 31.5 Å². The fraction of sp³-hybridized carbons (Fsp3) is 0.684. The predicted molar refractivity (Wildman–Crippen MR) is 89.9 cm³/mol. The van der Waals surface area contributed by atoms with Gasteiger partial charge in [-0.15, -0.1) is 0 Å². The summed E-state index contributed by atoms with van der Waals surface area (Å²) in [4.78, 5) is 0. The zero-order valence-electron chi connectivity index (χ0n) is 14.3. The van der Waals surface area contributed by atoms with E-state index in [1.807, 2.05) is 0 Å². The molecule has 1 fully saturated rings. The van der Waals surface area contributed by atoms with Crippen LogP contribution in [0, 0.1) is 18.8 Å². The summed E-state index contributed by atoms with van der Waals surface area (Å²) < 4.78 is 5.52. The van der Waals surface area contributed by atoms with Crippen molar-refractivity contribution < 1.29 is 4.74 Å². The second-order valence-corrected chi connectivity index (χ2v) is 6.99. The molecular formula is C19H31NO. The Balaban J connectivity index is 1.96. The third kappa shape index (κ3) is 4.23. The van der Waals surface area contributed by atoms with Crippen molar-refractivity contribution in [1.29, 1.82) is 0 Å². The first kappa shape index (κ1) is 16.4. The van der Waals surface area contributed by atoms with Crippen LogP contribution in [0.1, 0.15) is 63.6 Å².